The summed E-state index contributed by atoms with van der Waals surface area (Å²) >= 11 is 0. The molecular formula is C18H22N4O3. The van der Waals surface area contributed by atoms with E-state index in [2.05, 4.69) is 20.2 Å². The van der Waals surface area contributed by atoms with Crippen molar-refractivity contribution in [2.24, 2.45) is 0 Å². The number of nitrogens with zero attached hydrogens (tertiary/aromatic N) is 3. The van der Waals surface area contributed by atoms with Gasteiger partial charge in [0, 0.05) is 31.5 Å². The summed E-state index contributed by atoms with van der Waals surface area (Å²) in [7, 11) is 1.58. The molecule has 2 heterocycles. The van der Waals surface area contributed by atoms with Crippen LogP contribution in [0, 0.1) is 0 Å². The van der Waals surface area contributed by atoms with Gasteiger partial charge in [0.15, 0.2) is 18.1 Å². The van der Waals surface area contributed by atoms with Crippen LogP contribution in [0.25, 0.3) is 0 Å². The number of carbonyl (C=O) groups excluding carboxylic acids is 1. The molecule has 7 nitrogen and oxygen atoms in total. The van der Waals surface area contributed by atoms with Crippen molar-refractivity contribution in [2.75, 3.05) is 31.7 Å². The molecule has 132 valence electrons. The van der Waals surface area contributed by atoms with E-state index in [4.69, 9.17) is 9.47 Å². The molecule has 1 aromatic heterocycles. The van der Waals surface area contributed by atoms with Crippen molar-refractivity contribution in [3.05, 3.63) is 42.7 Å². The lowest BCUT2D eigenvalue weighted by Gasteiger charge is -2.32. The van der Waals surface area contributed by atoms with Crippen LogP contribution < -0.4 is 19.7 Å². The Balaban J connectivity index is 1.43. The zero-order valence-corrected chi connectivity index (χ0v) is 14.2. The molecule has 0 atom stereocenters. The van der Waals surface area contributed by atoms with Gasteiger partial charge >= 0.3 is 0 Å². The summed E-state index contributed by atoms with van der Waals surface area (Å²) < 4.78 is 10.8. The number of para-hydroxylation sites is 2. The number of aromatic nitrogens is 2. The smallest absolute Gasteiger partial charge is 0.258 e. The monoisotopic (exact) mass is 342 g/mol. The van der Waals surface area contributed by atoms with Gasteiger partial charge in [-0.1, -0.05) is 12.1 Å². The number of ether oxygens (including phenoxy) is 2. The Morgan fingerprint density at radius 1 is 1.16 bits per heavy atom. The Morgan fingerprint density at radius 3 is 2.52 bits per heavy atom. The second-order valence-corrected chi connectivity index (χ2v) is 5.82. The maximum absolute atomic E-state index is 12.1. The summed E-state index contributed by atoms with van der Waals surface area (Å²) in [5.74, 6) is 1.80. The maximum Gasteiger partial charge on any atom is 0.258 e. The van der Waals surface area contributed by atoms with E-state index in [-0.39, 0.29) is 18.6 Å². The van der Waals surface area contributed by atoms with E-state index >= 15 is 0 Å². The number of amides is 1. The zero-order chi connectivity index (χ0) is 17.5. The van der Waals surface area contributed by atoms with Crippen LogP contribution in [0.15, 0.2) is 42.7 Å². The van der Waals surface area contributed by atoms with Gasteiger partial charge < -0.3 is 19.7 Å². The number of hydrogen-bond donors (Lipinski definition) is 1. The molecule has 25 heavy (non-hydrogen) atoms. The topological polar surface area (TPSA) is 76.6 Å². The van der Waals surface area contributed by atoms with Crippen molar-refractivity contribution in [1.29, 1.82) is 0 Å². The van der Waals surface area contributed by atoms with E-state index in [1.165, 1.54) is 0 Å². The number of hydrogen-bond acceptors (Lipinski definition) is 6. The van der Waals surface area contributed by atoms with E-state index in [1.807, 2.05) is 12.1 Å². The van der Waals surface area contributed by atoms with Crippen molar-refractivity contribution in [1.82, 2.24) is 15.3 Å². The van der Waals surface area contributed by atoms with Gasteiger partial charge in [-0.15, -0.1) is 0 Å². The largest absolute Gasteiger partial charge is 0.493 e. The molecule has 0 saturated carbocycles. The van der Waals surface area contributed by atoms with Crippen LogP contribution in [-0.2, 0) is 4.79 Å². The second kappa shape index (κ2) is 8.32. The number of nitrogens with one attached hydrogen (secondary N) is 1. The first-order chi connectivity index (χ1) is 12.3. The first-order valence-corrected chi connectivity index (χ1v) is 8.33. The molecule has 1 aliphatic rings. The molecule has 7 heteroatoms. The molecule has 0 spiro atoms. The van der Waals surface area contributed by atoms with Crippen LogP contribution >= 0.6 is 0 Å². The molecule has 1 N–H and O–H groups in total. The minimum Gasteiger partial charge on any atom is -0.493 e. The Morgan fingerprint density at radius 2 is 1.84 bits per heavy atom. The number of carbonyl (C=O) groups is 1. The third-order valence-electron chi connectivity index (χ3n) is 4.12. The average Bonchev–Trinajstić information content (AvgIpc) is 2.68. The lowest BCUT2D eigenvalue weighted by molar-refractivity contribution is -0.123. The molecule has 3 rings (SSSR count). The first-order valence-electron chi connectivity index (χ1n) is 8.33. The van der Waals surface area contributed by atoms with E-state index in [9.17, 15) is 4.79 Å². The van der Waals surface area contributed by atoms with Crippen LogP contribution in [0.2, 0.25) is 0 Å². The van der Waals surface area contributed by atoms with Gasteiger partial charge in [-0.2, -0.15) is 0 Å². The van der Waals surface area contributed by atoms with Crippen LogP contribution in [-0.4, -0.2) is 48.7 Å². The average molecular weight is 342 g/mol. The molecule has 2 aromatic rings. The fourth-order valence-electron chi connectivity index (χ4n) is 2.83. The number of benzene rings is 1. The Bertz CT molecular complexity index is 688. The number of methoxy groups -OCH3 is 1. The van der Waals surface area contributed by atoms with Crippen LogP contribution in [0.4, 0.5) is 5.95 Å². The third kappa shape index (κ3) is 4.59. The molecular weight excluding hydrogens is 320 g/mol. The summed E-state index contributed by atoms with van der Waals surface area (Å²) in [6.07, 6.45) is 5.20. The van der Waals surface area contributed by atoms with Crippen LogP contribution in [0.3, 0.4) is 0 Å². The van der Waals surface area contributed by atoms with Crippen molar-refractivity contribution >= 4 is 11.9 Å². The van der Waals surface area contributed by atoms with Crippen molar-refractivity contribution in [3.8, 4) is 11.5 Å². The van der Waals surface area contributed by atoms with Crippen LogP contribution in [0.1, 0.15) is 12.8 Å². The highest BCUT2D eigenvalue weighted by Gasteiger charge is 2.22. The molecule has 1 aromatic carbocycles. The van der Waals surface area contributed by atoms with Crippen molar-refractivity contribution in [2.45, 2.75) is 18.9 Å². The Hall–Kier alpha value is -2.83. The number of anilines is 1. The van der Waals surface area contributed by atoms with Gasteiger partial charge in [0.25, 0.3) is 5.91 Å². The van der Waals surface area contributed by atoms with E-state index < -0.39 is 0 Å². The fraction of sp³-hybridized carbons (Fsp3) is 0.389. The Kier molecular flexibility index (Phi) is 5.66. The summed E-state index contributed by atoms with van der Waals surface area (Å²) in [6.45, 7) is 1.62. The third-order valence-corrected chi connectivity index (χ3v) is 4.12. The first kappa shape index (κ1) is 17.0. The van der Waals surface area contributed by atoms with Crippen molar-refractivity contribution in [3.63, 3.8) is 0 Å². The van der Waals surface area contributed by atoms with E-state index in [0.29, 0.717) is 11.5 Å². The van der Waals surface area contributed by atoms with Gasteiger partial charge in [-0.25, -0.2) is 9.97 Å². The lowest BCUT2D eigenvalue weighted by atomic mass is 10.1. The minimum atomic E-state index is -0.125. The molecule has 1 amide bonds. The molecule has 1 fully saturated rings. The fourth-order valence-corrected chi connectivity index (χ4v) is 2.83. The Labute approximate surface area is 147 Å². The molecule has 0 aliphatic carbocycles. The van der Waals surface area contributed by atoms with Crippen molar-refractivity contribution < 1.29 is 14.3 Å². The molecule has 1 aliphatic heterocycles. The molecule has 0 unspecified atom stereocenters. The minimum absolute atomic E-state index is 0.0254. The SMILES string of the molecule is COc1ccccc1OCC(=O)NC1CCN(c2ncccn2)CC1. The second-order valence-electron chi connectivity index (χ2n) is 5.82. The maximum atomic E-state index is 12.1. The number of rotatable bonds is 6. The molecule has 0 radical (unpaired) electrons. The predicted octanol–water partition coefficient (Wildman–Crippen LogP) is 1.65. The van der Waals surface area contributed by atoms with Gasteiger partial charge in [0.2, 0.25) is 5.95 Å². The molecule has 1 saturated heterocycles. The van der Waals surface area contributed by atoms with Gasteiger partial charge in [-0.05, 0) is 31.0 Å². The highest BCUT2D eigenvalue weighted by molar-refractivity contribution is 5.78. The van der Waals surface area contributed by atoms with E-state index in [0.717, 1.165) is 31.9 Å². The van der Waals surface area contributed by atoms with Gasteiger partial charge in [-0.3, -0.25) is 4.79 Å². The normalized spacial score (nSPS) is 14.8. The summed E-state index contributed by atoms with van der Waals surface area (Å²) in [5.41, 5.74) is 0. The van der Waals surface area contributed by atoms with Gasteiger partial charge in [0.05, 0.1) is 7.11 Å². The lowest BCUT2D eigenvalue weighted by Crippen LogP contribution is -2.46. The number of piperidine rings is 1. The summed E-state index contributed by atoms with van der Waals surface area (Å²) in [4.78, 5) is 22.8. The highest BCUT2D eigenvalue weighted by Crippen LogP contribution is 2.25. The standard InChI is InChI=1S/C18H22N4O3/c1-24-15-5-2-3-6-16(15)25-13-17(23)21-14-7-11-22(12-8-14)18-19-9-4-10-20-18/h2-6,9-10,14H,7-8,11-13H2,1H3,(H,21,23). The predicted molar refractivity (Wildman–Crippen MR) is 93.9 cm³/mol. The van der Waals surface area contributed by atoms with E-state index in [1.54, 1.807) is 37.7 Å². The quantitative estimate of drug-likeness (QED) is 0.860. The van der Waals surface area contributed by atoms with Crippen LogP contribution in [0.5, 0.6) is 11.5 Å². The van der Waals surface area contributed by atoms with Gasteiger partial charge in [0.1, 0.15) is 0 Å². The summed E-state index contributed by atoms with van der Waals surface area (Å²) in [6, 6.07) is 9.23. The summed E-state index contributed by atoms with van der Waals surface area (Å²) in [5, 5.41) is 3.03. The molecule has 0 bridgehead atoms. The zero-order valence-electron chi connectivity index (χ0n) is 14.2. The highest BCUT2D eigenvalue weighted by atomic mass is 16.5.